The normalized spacial score (nSPS) is 10.4. The van der Waals surface area contributed by atoms with Gasteiger partial charge < -0.3 is 14.6 Å². The summed E-state index contributed by atoms with van der Waals surface area (Å²) in [5.74, 6) is 1.14. The standard InChI is InChI=1S/C19H18N2O3/c1-14-7-9-17(10-8-14)23-13-19(22)20-12-16-11-18(24-21-16)15-5-3-2-4-6-15/h2-11H,12-13H2,1H3,(H,20,22). The molecule has 122 valence electrons. The van der Waals surface area contributed by atoms with Crippen LogP contribution in [0.5, 0.6) is 5.75 Å². The number of hydrogen-bond acceptors (Lipinski definition) is 4. The Morgan fingerprint density at radius 1 is 1.12 bits per heavy atom. The second-order valence-electron chi connectivity index (χ2n) is 5.43. The number of amides is 1. The topological polar surface area (TPSA) is 64.4 Å². The van der Waals surface area contributed by atoms with E-state index in [1.165, 1.54) is 0 Å². The van der Waals surface area contributed by atoms with Crippen LogP contribution in [0.15, 0.2) is 65.2 Å². The van der Waals surface area contributed by atoms with Crippen LogP contribution in [0.4, 0.5) is 0 Å². The number of hydrogen-bond donors (Lipinski definition) is 1. The van der Waals surface area contributed by atoms with E-state index in [4.69, 9.17) is 9.26 Å². The molecular weight excluding hydrogens is 304 g/mol. The highest BCUT2D eigenvalue weighted by Crippen LogP contribution is 2.19. The third-order valence-electron chi connectivity index (χ3n) is 3.47. The minimum Gasteiger partial charge on any atom is -0.484 e. The third kappa shape index (κ3) is 4.23. The van der Waals surface area contributed by atoms with E-state index in [2.05, 4.69) is 10.5 Å². The number of aryl methyl sites for hydroxylation is 1. The van der Waals surface area contributed by atoms with Gasteiger partial charge in [-0.25, -0.2) is 0 Å². The summed E-state index contributed by atoms with van der Waals surface area (Å²) in [5.41, 5.74) is 2.76. The molecule has 0 atom stereocenters. The van der Waals surface area contributed by atoms with E-state index in [0.717, 1.165) is 11.1 Å². The van der Waals surface area contributed by atoms with Crippen molar-refractivity contribution in [2.45, 2.75) is 13.5 Å². The molecule has 0 spiro atoms. The van der Waals surface area contributed by atoms with Crippen molar-refractivity contribution in [3.05, 3.63) is 71.9 Å². The number of aromatic nitrogens is 1. The van der Waals surface area contributed by atoms with Gasteiger partial charge in [0.25, 0.3) is 5.91 Å². The van der Waals surface area contributed by atoms with Gasteiger partial charge in [0.1, 0.15) is 11.4 Å². The highest BCUT2D eigenvalue weighted by atomic mass is 16.5. The average molecular weight is 322 g/mol. The number of rotatable bonds is 6. The molecule has 0 bridgehead atoms. The highest BCUT2D eigenvalue weighted by Gasteiger charge is 2.08. The molecule has 3 rings (SSSR count). The lowest BCUT2D eigenvalue weighted by Crippen LogP contribution is -2.28. The fourth-order valence-electron chi connectivity index (χ4n) is 2.16. The Bertz CT molecular complexity index is 795. The maximum atomic E-state index is 11.8. The van der Waals surface area contributed by atoms with Gasteiger partial charge in [-0.3, -0.25) is 4.79 Å². The minimum atomic E-state index is -0.208. The first kappa shape index (κ1) is 15.8. The van der Waals surface area contributed by atoms with Gasteiger partial charge in [-0.15, -0.1) is 0 Å². The zero-order chi connectivity index (χ0) is 16.8. The van der Waals surface area contributed by atoms with Crippen molar-refractivity contribution < 1.29 is 14.1 Å². The number of carbonyl (C=O) groups is 1. The SMILES string of the molecule is Cc1ccc(OCC(=O)NCc2cc(-c3ccccc3)on2)cc1. The second-order valence-corrected chi connectivity index (χ2v) is 5.43. The van der Waals surface area contributed by atoms with Crippen LogP contribution in [-0.4, -0.2) is 17.7 Å². The van der Waals surface area contributed by atoms with Crippen molar-refractivity contribution in [1.82, 2.24) is 10.5 Å². The second kappa shape index (κ2) is 7.46. The van der Waals surface area contributed by atoms with E-state index >= 15 is 0 Å². The summed E-state index contributed by atoms with van der Waals surface area (Å²) in [6.45, 7) is 2.26. The molecule has 0 fully saturated rings. The first-order valence-electron chi connectivity index (χ1n) is 7.68. The lowest BCUT2D eigenvalue weighted by molar-refractivity contribution is -0.123. The van der Waals surface area contributed by atoms with Gasteiger partial charge in [-0.05, 0) is 19.1 Å². The Morgan fingerprint density at radius 3 is 2.62 bits per heavy atom. The number of benzene rings is 2. The van der Waals surface area contributed by atoms with Crippen molar-refractivity contribution >= 4 is 5.91 Å². The first-order valence-corrected chi connectivity index (χ1v) is 7.68. The number of carbonyl (C=O) groups excluding carboxylic acids is 1. The van der Waals surface area contributed by atoms with E-state index in [0.29, 0.717) is 23.7 Å². The Morgan fingerprint density at radius 2 is 1.88 bits per heavy atom. The average Bonchev–Trinajstić information content (AvgIpc) is 3.09. The zero-order valence-electron chi connectivity index (χ0n) is 13.4. The fourth-order valence-corrected chi connectivity index (χ4v) is 2.16. The van der Waals surface area contributed by atoms with Crippen molar-refractivity contribution in [2.24, 2.45) is 0 Å². The molecule has 0 unspecified atom stereocenters. The molecule has 0 aliphatic heterocycles. The lowest BCUT2D eigenvalue weighted by atomic mass is 10.2. The van der Waals surface area contributed by atoms with Crippen LogP contribution >= 0.6 is 0 Å². The molecule has 0 saturated heterocycles. The van der Waals surface area contributed by atoms with Gasteiger partial charge in [0.15, 0.2) is 12.4 Å². The molecule has 1 heterocycles. The Hall–Kier alpha value is -3.08. The molecule has 24 heavy (non-hydrogen) atoms. The van der Waals surface area contributed by atoms with Crippen molar-refractivity contribution in [1.29, 1.82) is 0 Å². The van der Waals surface area contributed by atoms with E-state index in [1.54, 1.807) is 0 Å². The molecule has 0 saturated carbocycles. The van der Waals surface area contributed by atoms with Crippen LogP contribution in [0, 0.1) is 6.92 Å². The van der Waals surface area contributed by atoms with E-state index < -0.39 is 0 Å². The molecule has 0 radical (unpaired) electrons. The summed E-state index contributed by atoms with van der Waals surface area (Å²) >= 11 is 0. The monoisotopic (exact) mass is 322 g/mol. The molecular formula is C19H18N2O3. The molecule has 1 aromatic heterocycles. The molecule has 5 heteroatoms. The van der Waals surface area contributed by atoms with Crippen LogP contribution in [0.1, 0.15) is 11.3 Å². The highest BCUT2D eigenvalue weighted by molar-refractivity contribution is 5.77. The lowest BCUT2D eigenvalue weighted by Gasteiger charge is -2.06. The number of nitrogens with zero attached hydrogens (tertiary/aromatic N) is 1. The third-order valence-corrected chi connectivity index (χ3v) is 3.47. The van der Waals surface area contributed by atoms with E-state index in [1.807, 2.05) is 67.6 Å². The molecule has 1 N–H and O–H groups in total. The molecule has 2 aromatic carbocycles. The van der Waals surface area contributed by atoms with Crippen LogP contribution in [0.2, 0.25) is 0 Å². The molecule has 1 amide bonds. The van der Waals surface area contributed by atoms with Crippen LogP contribution in [-0.2, 0) is 11.3 Å². The minimum absolute atomic E-state index is 0.0353. The molecule has 0 aliphatic carbocycles. The Balaban J connectivity index is 1.48. The fraction of sp³-hybridized carbons (Fsp3) is 0.158. The van der Waals surface area contributed by atoms with Gasteiger partial charge in [0, 0.05) is 11.6 Å². The van der Waals surface area contributed by atoms with E-state index in [9.17, 15) is 4.79 Å². The summed E-state index contributed by atoms with van der Waals surface area (Å²) in [7, 11) is 0. The maximum absolute atomic E-state index is 11.8. The quantitative estimate of drug-likeness (QED) is 0.756. The van der Waals surface area contributed by atoms with Gasteiger partial charge in [-0.2, -0.15) is 0 Å². The summed E-state index contributed by atoms with van der Waals surface area (Å²) in [6, 6.07) is 19.1. The predicted octanol–water partition coefficient (Wildman–Crippen LogP) is 3.35. The zero-order valence-corrected chi connectivity index (χ0v) is 13.4. The van der Waals surface area contributed by atoms with Gasteiger partial charge in [0.2, 0.25) is 0 Å². The smallest absolute Gasteiger partial charge is 0.258 e. The molecule has 0 aliphatic rings. The number of nitrogens with one attached hydrogen (secondary N) is 1. The summed E-state index contributed by atoms with van der Waals surface area (Å²) in [4.78, 5) is 11.8. The van der Waals surface area contributed by atoms with Crippen molar-refractivity contribution in [3.8, 4) is 17.1 Å². The largest absolute Gasteiger partial charge is 0.484 e. The molecule has 5 nitrogen and oxygen atoms in total. The summed E-state index contributed by atoms with van der Waals surface area (Å²) in [6.07, 6.45) is 0. The number of ether oxygens (including phenoxy) is 1. The van der Waals surface area contributed by atoms with Crippen molar-refractivity contribution in [2.75, 3.05) is 6.61 Å². The van der Waals surface area contributed by atoms with Crippen molar-refractivity contribution in [3.63, 3.8) is 0 Å². The van der Waals surface area contributed by atoms with Gasteiger partial charge >= 0.3 is 0 Å². The summed E-state index contributed by atoms with van der Waals surface area (Å²) < 4.78 is 10.7. The Labute approximate surface area is 140 Å². The maximum Gasteiger partial charge on any atom is 0.258 e. The van der Waals surface area contributed by atoms with Gasteiger partial charge in [0.05, 0.1) is 6.54 Å². The van der Waals surface area contributed by atoms with Crippen LogP contribution in [0.25, 0.3) is 11.3 Å². The van der Waals surface area contributed by atoms with Gasteiger partial charge in [-0.1, -0.05) is 53.2 Å². The first-order chi connectivity index (χ1) is 11.7. The van der Waals surface area contributed by atoms with Crippen LogP contribution in [0.3, 0.4) is 0 Å². The molecule has 3 aromatic rings. The Kier molecular flexibility index (Phi) is 4.91. The summed E-state index contributed by atoms with van der Waals surface area (Å²) in [5, 5.41) is 6.72. The van der Waals surface area contributed by atoms with E-state index in [-0.39, 0.29) is 12.5 Å². The predicted molar refractivity (Wildman–Crippen MR) is 90.5 cm³/mol. The van der Waals surface area contributed by atoms with Crippen LogP contribution < -0.4 is 10.1 Å².